The number of hydrogen-bond donors (Lipinski definition) is 1. The third kappa shape index (κ3) is 3.86. The first kappa shape index (κ1) is 19.4. The number of pyridine rings is 1. The number of carbonyl (C=O) groups excluding carboxylic acids is 2. The molecule has 0 saturated carbocycles. The number of amides is 1. The molecule has 3 rings (SSSR count). The van der Waals surface area contributed by atoms with Crippen molar-refractivity contribution < 1.29 is 14.3 Å². The zero-order valence-corrected chi connectivity index (χ0v) is 16.3. The summed E-state index contributed by atoms with van der Waals surface area (Å²) in [6.07, 6.45) is -1.07. The van der Waals surface area contributed by atoms with Gasteiger partial charge >= 0.3 is 5.97 Å². The van der Waals surface area contributed by atoms with E-state index in [1.54, 1.807) is 36.4 Å². The predicted octanol–water partition coefficient (Wildman–Crippen LogP) is 4.89. The second-order valence-electron chi connectivity index (χ2n) is 5.75. The quantitative estimate of drug-likeness (QED) is 0.478. The molecule has 0 saturated heterocycles. The van der Waals surface area contributed by atoms with E-state index in [9.17, 15) is 9.59 Å². The first-order chi connectivity index (χ1) is 12.8. The van der Waals surface area contributed by atoms with Gasteiger partial charge in [-0.15, -0.1) is 0 Å². The highest BCUT2D eigenvalue weighted by atomic mass is 35.5. The van der Waals surface area contributed by atoms with Crippen LogP contribution in [0.4, 0.5) is 0 Å². The van der Waals surface area contributed by atoms with Gasteiger partial charge in [-0.25, -0.2) is 9.78 Å². The van der Waals surface area contributed by atoms with Crippen molar-refractivity contribution in [3.63, 3.8) is 0 Å². The third-order valence-corrected chi connectivity index (χ3v) is 5.23. The van der Waals surface area contributed by atoms with Crippen LogP contribution in [0.15, 0.2) is 42.5 Å². The molecule has 0 bridgehead atoms. The number of aromatic nitrogens is 1. The molecule has 1 heterocycles. The molecular weight excluding hydrogens is 411 g/mol. The number of nitrogens with two attached hydrogens (primary N) is 1. The number of carbonyl (C=O) groups is 2. The molecule has 3 aromatic rings. The minimum absolute atomic E-state index is 0.192. The van der Waals surface area contributed by atoms with E-state index in [4.69, 9.17) is 45.3 Å². The molecule has 0 aliphatic rings. The molecule has 5 nitrogen and oxygen atoms in total. The number of ether oxygens (including phenoxy) is 1. The summed E-state index contributed by atoms with van der Waals surface area (Å²) in [5, 5.41) is 1.29. The van der Waals surface area contributed by atoms with Gasteiger partial charge in [0.1, 0.15) is 0 Å². The molecular formula is C19H13Cl3N2O3. The van der Waals surface area contributed by atoms with Gasteiger partial charge in [0.15, 0.2) is 6.10 Å². The lowest BCUT2D eigenvalue weighted by Crippen LogP contribution is -2.30. The SMILES string of the molecule is CC(OC(=O)c1cc(-c2ccc(Cl)c(Cl)c2Cl)nc2ccccc12)C(N)=O. The second kappa shape index (κ2) is 7.72. The van der Waals surface area contributed by atoms with Crippen molar-refractivity contribution in [3.05, 3.63) is 63.1 Å². The van der Waals surface area contributed by atoms with E-state index in [1.807, 2.05) is 0 Å². The van der Waals surface area contributed by atoms with Crippen LogP contribution in [0.2, 0.25) is 15.1 Å². The van der Waals surface area contributed by atoms with Gasteiger partial charge < -0.3 is 10.5 Å². The Bertz CT molecular complexity index is 1070. The van der Waals surface area contributed by atoms with Crippen LogP contribution in [0.1, 0.15) is 17.3 Å². The zero-order valence-electron chi connectivity index (χ0n) is 14.0. The summed E-state index contributed by atoms with van der Waals surface area (Å²) in [7, 11) is 0. The van der Waals surface area contributed by atoms with Crippen molar-refractivity contribution in [2.24, 2.45) is 5.73 Å². The summed E-state index contributed by atoms with van der Waals surface area (Å²) in [4.78, 5) is 28.4. The minimum atomic E-state index is -1.07. The smallest absolute Gasteiger partial charge is 0.339 e. The van der Waals surface area contributed by atoms with Gasteiger partial charge in [-0.2, -0.15) is 0 Å². The Morgan fingerprint density at radius 2 is 1.78 bits per heavy atom. The average Bonchev–Trinajstić information content (AvgIpc) is 2.65. The Hall–Kier alpha value is -2.34. The number of primary amides is 1. The molecule has 1 atom stereocenters. The largest absolute Gasteiger partial charge is 0.449 e. The normalized spacial score (nSPS) is 12.0. The first-order valence-electron chi connectivity index (χ1n) is 7.83. The van der Waals surface area contributed by atoms with Crippen molar-refractivity contribution in [2.75, 3.05) is 0 Å². The molecule has 0 aliphatic heterocycles. The Labute approximate surface area is 170 Å². The summed E-state index contributed by atoms with van der Waals surface area (Å²) >= 11 is 18.4. The van der Waals surface area contributed by atoms with E-state index in [0.717, 1.165) is 0 Å². The first-order valence-corrected chi connectivity index (χ1v) is 8.97. The minimum Gasteiger partial charge on any atom is -0.449 e. The summed E-state index contributed by atoms with van der Waals surface area (Å²) < 4.78 is 5.15. The van der Waals surface area contributed by atoms with Crippen molar-refractivity contribution >= 4 is 57.6 Å². The average molecular weight is 424 g/mol. The number of benzene rings is 2. The fraction of sp³-hybridized carbons (Fsp3) is 0.105. The van der Waals surface area contributed by atoms with Gasteiger partial charge in [0, 0.05) is 10.9 Å². The Morgan fingerprint density at radius 1 is 1.07 bits per heavy atom. The van der Waals surface area contributed by atoms with Crippen molar-refractivity contribution in [3.8, 4) is 11.3 Å². The van der Waals surface area contributed by atoms with Gasteiger partial charge in [0.2, 0.25) is 0 Å². The lowest BCUT2D eigenvalue weighted by Gasteiger charge is -2.13. The molecule has 0 radical (unpaired) electrons. The molecule has 0 aliphatic carbocycles. The Balaban J connectivity index is 2.18. The van der Waals surface area contributed by atoms with E-state index >= 15 is 0 Å². The lowest BCUT2D eigenvalue weighted by atomic mass is 10.0. The topological polar surface area (TPSA) is 82.3 Å². The molecule has 0 fully saturated rings. The zero-order chi connectivity index (χ0) is 19.7. The highest BCUT2D eigenvalue weighted by Crippen LogP contribution is 2.38. The van der Waals surface area contributed by atoms with E-state index in [1.165, 1.54) is 13.0 Å². The maximum Gasteiger partial charge on any atom is 0.339 e. The fourth-order valence-corrected chi connectivity index (χ4v) is 3.12. The van der Waals surface area contributed by atoms with Crippen LogP contribution in [0.5, 0.6) is 0 Å². The van der Waals surface area contributed by atoms with E-state index < -0.39 is 18.0 Å². The van der Waals surface area contributed by atoms with Crippen LogP contribution < -0.4 is 5.73 Å². The third-order valence-electron chi connectivity index (χ3n) is 3.93. The highest BCUT2D eigenvalue weighted by Gasteiger charge is 2.21. The molecule has 1 aromatic heterocycles. The van der Waals surface area contributed by atoms with E-state index in [-0.39, 0.29) is 15.6 Å². The standard InChI is InChI=1S/C19H13Cl3N2O3/c1-9(18(23)25)27-19(26)12-8-15(24-14-5-3-2-4-10(12)14)11-6-7-13(20)17(22)16(11)21/h2-9H,1H3,(H2,23,25). The van der Waals surface area contributed by atoms with E-state index in [2.05, 4.69) is 4.98 Å². The summed E-state index contributed by atoms with van der Waals surface area (Å²) in [6, 6.07) is 11.8. The molecule has 1 unspecified atom stereocenters. The van der Waals surface area contributed by atoms with Gasteiger partial charge in [0.25, 0.3) is 5.91 Å². The van der Waals surface area contributed by atoms with Gasteiger partial charge in [-0.1, -0.05) is 53.0 Å². The number of rotatable bonds is 4. The van der Waals surface area contributed by atoms with Gasteiger partial charge in [-0.05, 0) is 31.2 Å². The fourth-order valence-electron chi connectivity index (χ4n) is 2.49. The van der Waals surface area contributed by atoms with E-state index in [0.29, 0.717) is 27.2 Å². The molecule has 2 N–H and O–H groups in total. The molecule has 138 valence electrons. The number of hydrogen-bond acceptors (Lipinski definition) is 4. The maximum atomic E-state index is 12.6. The van der Waals surface area contributed by atoms with Gasteiger partial charge in [-0.3, -0.25) is 4.79 Å². The van der Waals surface area contributed by atoms with Gasteiger partial charge in [0.05, 0.1) is 31.8 Å². The highest BCUT2D eigenvalue weighted by molar-refractivity contribution is 6.49. The summed E-state index contributed by atoms with van der Waals surface area (Å²) in [6.45, 7) is 1.40. The van der Waals surface area contributed by atoms with Crippen molar-refractivity contribution in [1.82, 2.24) is 4.98 Å². The van der Waals surface area contributed by atoms with Crippen LogP contribution in [0, 0.1) is 0 Å². The summed E-state index contributed by atoms with van der Waals surface area (Å²) in [5.74, 6) is -1.44. The van der Waals surface area contributed by atoms with Crippen LogP contribution >= 0.6 is 34.8 Å². The van der Waals surface area contributed by atoms with Crippen LogP contribution in [0.25, 0.3) is 22.2 Å². The second-order valence-corrected chi connectivity index (χ2v) is 6.91. The van der Waals surface area contributed by atoms with Crippen molar-refractivity contribution in [1.29, 1.82) is 0 Å². The molecule has 2 aromatic carbocycles. The Kier molecular flexibility index (Phi) is 5.56. The van der Waals surface area contributed by atoms with Crippen LogP contribution in [-0.4, -0.2) is 23.0 Å². The van der Waals surface area contributed by atoms with Crippen LogP contribution in [0.3, 0.4) is 0 Å². The van der Waals surface area contributed by atoms with Crippen LogP contribution in [-0.2, 0) is 9.53 Å². The number of esters is 1. The number of para-hydroxylation sites is 1. The Morgan fingerprint density at radius 3 is 2.48 bits per heavy atom. The molecule has 0 spiro atoms. The summed E-state index contributed by atoms with van der Waals surface area (Å²) in [5.41, 5.74) is 6.87. The predicted molar refractivity (Wildman–Crippen MR) is 106 cm³/mol. The molecule has 8 heteroatoms. The number of halogens is 3. The number of fused-ring (bicyclic) bond motifs is 1. The molecule has 1 amide bonds. The lowest BCUT2D eigenvalue weighted by molar-refractivity contribution is -0.125. The van der Waals surface area contributed by atoms with Crippen molar-refractivity contribution in [2.45, 2.75) is 13.0 Å². The maximum absolute atomic E-state index is 12.6. The number of nitrogens with zero attached hydrogens (tertiary/aromatic N) is 1. The monoisotopic (exact) mass is 422 g/mol. The molecule has 27 heavy (non-hydrogen) atoms.